The monoisotopic (exact) mass is 163 g/mol. The second-order valence-electron chi connectivity index (χ2n) is 2.54. The van der Waals surface area contributed by atoms with Gasteiger partial charge in [-0.05, 0) is 26.0 Å². The van der Waals surface area contributed by atoms with E-state index in [4.69, 9.17) is 4.42 Å². The minimum absolute atomic E-state index is 0.718. The Balaban J connectivity index is 2.27. The summed E-state index contributed by atoms with van der Waals surface area (Å²) in [5, 5.41) is 3.15. The molecule has 12 heavy (non-hydrogen) atoms. The molecular formula is C10H13NO. The summed E-state index contributed by atoms with van der Waals surface area (Å²) in [4.78, 5) is 0. The lowest BCUT2D eigenvalue weighted by Gasteiger charge is -1.95. The summed E-state index contributed by atoms with van der Waals surface area (Å²) in [5.74, 6) is 7.65. The minimum atomic E-state index is 0.718. The van der Waals surface area contributed by atoms with Crippen molar-refractivity contribution in [1.82, 2.24) is 5.32 Å². The van der Waals surface area contributed by atoms with Crippen molar-refractivity contribution in [1.29, 1.82) is 0 Å². The van der Waals surface area contributed by atoms with E-state index in [0.29, 0.717) is 0 Å². The lowest BCUT2D eigenvalue weighted by molar-refractivity contribution is 0.468. The molecule has 0 saturated carbocycles. The van der Waals surface area contributed by atoms with Gasteiger partial charge in [-0.15, -0.1) is 5.92 Å². The number of nitrogens with one attached hydrogen (secondary N) is 1. The molecule has 0 fully saturated rings. The normalized spacial score (nSPS) is 9.17. The van der Waals surface area contributed by atoms with Crippen LogP contribution in [0.1, 0.15) is 18.4 Å². The van der Waals surface area contributed by atoms with Gasteiger partial charge in [0.05, 0.1) is 13.1 Å². The van der Waals surface area contributed by atoms with Gasteiger partial charge >= 0.3 is 0 Å². The molecule has 0 aliphatic carbocycles. The fourth-order valence-corrected chi connectivity index (χ4v) is 0.917. The largest absolute Gasteiger partial charge is 0.465 e. The van der Waals surface area contributed by atoms with Gasteiger partial charge in [-0.1, -0.05) is 5.92 Å². The second kappa shape index (κ2) is 4.63. The number of hydrogen-bond acceptors (Lipinski definition) is 2. The maximum absolute atomic E-state index is 5.35. The van der Waals surface area contributed by atoms with Crippen molar-refractivity contribution >= 4 is 0 Å². The molecule has 2 nitrogen and oxygen atoms in total. The van der Waals surface area contributed by atoms with Crippen molar-refractivity contribution in [3.05, 3.63) is 23.7 Å². The SMILES string of the molecule is CC#CCNCc1ccc(C)o1. The van der Waals surface area contributed by atoms with Gasteiger partial charge in [-0.25, -0.2) is 0 Å². The molecule has 1 aromatic rings. The first-order valence-electron chi connectivity index (χ1n) is 3.98. The summed E-state index contributed by atoms with van der Waals surface area (Å²) in [6.45, 7) is 5.24. The highest BCUT2D eigenvalue weighted by molar-refractivity contribution is 5.05. The molecule has 0 aromatic carbocycles. The fourth-order valence-electron chi connectivity index (χ4n) is 0.917. The van der Waals surface area contributed by atoms with Gasteiger partial charge in [0.1, 0.15) is 11.5 Å². The van der Waals surface area contributed by atoms with Crippen LogP contribution in [-0.4, -0.2) is 6.54 Å². The maximum atomic E-state index is 5.35. The van der Waals surface area contributed by atoms with Crippen LogP contribution in [0.5, 0.6) is 0 Å². The topological polar surface area (TPSA) is 25.2 Å². The predicted octanol–water partition coefficient (Wildman–Crippen LogP) is 1.70. The molecule has 64 valence electrons. The highest BCUT2D eigenvalue weighted by atomic mass is 16.3. The number of rotatable bonds is 3. The van der Waals surface area contributed by atoms with Crippen molar-refractivity contribution in [2.24, 2.45) is 0 Å². The Morgan fingerprint density at radius 2 is 2.33 bits per heavy atom. The molecule has 0 unspecified atom stereocenters. The van der Waals surface area contributed by atoms with Crippen molar-refractivity contribution in [3.8, 4) is 11.8 Å². The molecule has 1 rings (SSSR count). The van der Waals surface area contributed by atoms with Crippen LogP contribution in [0.15, 0.2) is 16.5 Å². The Labute approximate surface area is 73.0 Å². The number of hydrogen-bond donors (Lipinski definition) is 1. The number of aryl methyl sites for hydroxylation is 1. The molecular weight excluding hydrogens is 150 g/mol. The van der Waals surface area contributed by atoms with E-state index >= 15 is 0 Å². The van der Waals surface area contributed by atoms with Crippen LogP contribution in [0.4, 0.5) is 0 Å². The van der Waals surface area contributed by atoms with Crippen LogP contribution in [0.3, 0.4) is 0 Å². The van der Waals surface area contributed by atoms with Gasteiger partial charge in [-0.3, -0.25) is 5.32 Å². The van der Waals surface area contributed by atoms with E-state index in [-0.39, 0.29) is 0 Å². The average Bonchev–Trinajstić information content (AvgIpc) is 2.45. The quantitative estimate of drug-likeness (QED) is 0.542. The Morgan fingerprint density at radius 1 is 1.50 bits per heavy atom. The first-order chi connectivity index (χ1) is 5.83. The molecule has 0 atom stereocenters. The lowest BCUT2D eigenvalue weighted by Crippen LogP contribution is -2.12. The Morgan fingerprint density at radius 3 is 2.92 bits per heavy atom. The standard InChI is InChI=1S/C10H13NO/c1-3-4-7-11-8-10-6-5-9(2)12-10/h5-6,11H,7-8H2,1-2H3. The predicted molar refractivity (Wildman–Crippen MR) is 48.6 cm³/mol. The van der Waals surface area contributed by atoms with E-state index in [0.717, 1.165) is 24.6 Å². The summed E-state index contributed by atoms with van der Waals surface area (Å²) < 4.78 is 5.35. The average molecular weight is 163 g/mol. The van der Waals surface area contributed by atoms with E-state index in [2.05, 4.69) is 17.2 Å². The van der Waals surface area contributed by atoms with Gasteiger partial charge < -0.3 is 4.42 Å². The Bertz CT molecular complexity index is 290. The number of furan rings is 1. The van der Waals surface area contributed by atoms with Gasteiger partial charge in [0.25, 0.3) is 0 Å². The zero-order valence-electron chi connectivity index (χ0n) is 7.48. The van der Waals surface area contributed by atoms with Gasteiger partial charge in [0, 0.05) is 0 Å². The fraction of sp³-hybridized carbons (Fsp3) is 0.400. The molecule has 1 heterocycles. The van der Waals surface area contributed by atoms with E-state index in [1.807, 2.05) is 26.0 Å². The van der Waals surface area contributed by atoms with Crippen LogP contribution in [0.2, 0.25) is 0 Å². The van der Waals surface area contributed by atoms with Crippen molar-refractivity contribution in [3.63, 3.8) is 0 Å². The van der Waals surface area contributed by atoms with Crippen LogP contribution < -0.4 is 5.32 Å². The Kier molecular flexibility index (Phi) is 3.43. The highest BCUT2D eigenvalue weighted by Gasteiger charge is 1.95. The highest BCUT2D eigenvalue weighted by Crippen LogP contribution is 2.04. The minimum Gasteiger partial charge on any atom is -0.465 e. The third kappa shape index (κ3) is 2.81. The first kappa shape index (κ1) is 8.89. The summed E-state index contributed by atoms with van der Waals surface area (Å²) >= 11 is 0. The second-order valence-corrected chi connectivity index (χ2v) is 2.54. The van der Waals surface area contributed by atoms with E-state index < -0.39 is 0 Å². The van der Waals surface area contributed by atoms with E-state index in [1.165, 1.54) is 0 Å². The lowest BCUT2D eigenvalue weighted by atomic mass is 10.4. The molecule has 0 spiro atoms. The first-order valence-corrected chi connectivity index (χ1v) is 3.98. The van der Waals surface area contributed by atoms with Crippen molar-refractivity contribution < 1.29 is 4.42 Å². The molecule has 0 amide bonds. The summed E-state index contributed by atoms with van der Waals surface area (Å²) in [5.41, 5.74) is 0. The summed E-state index contributed by atoms with van der Waals surface area (Å²) in [6, 6.07) is 3.93. The molecule has 1 N–H and O–H groups in total. The smallest absolute Gasteiger partial charge is 0.117 e. The van der Waals surface area contributed by atoms with Gasteiger partial charge in [0.15, 0.2) is 0 Å². The molecule has 2 heteroatoms. The van der Waals surface area contributed by atoms with Gasteiger partial charge in [0.2, 0.25) is 0 Å². The third-order valence-corrected chi connectivity index (χ3v) is 1.49. The zero-order valence-corrected chi connectivity index (χ0v) is 7.48. The molecule has 0 saturated heterocycles. The summed E-state index contributed by atoms with van der Waals surface area (Å²) in [6.07, 6.45) is 0. The molecule has 0 aliphatic heterocycles. The van der Waals surface area contributed by atoms with Crippen LogP contribution in [0, 0.1) is 18.8 Å². The van der Waals surface area contributed by atoms with Crippen LogP contribution in [-0.2, 0) is 6.54 Å². The molecule has 0 bridgehead atoms. The Hall–Kier alpha value is -1.20. The molecule has 0 radical (unpaired) electrons. The van der Waals surface area contributed by atoms with Crippen molar-refractivity contribution in [2.45, 2.75) is 20.4 Å². The summed E-state index contributed by atoms with van der Waals surface area (Å²) in [7, 11) is 0. The third-order valence-electron chi connectivity index (χ3n) is 1.49. The van der Waals surface area contributed by atoms with Gasteiger partial charge in [-0.2, -0.15) is 0 Å². The van der Waals surface area contributed by atoms with Crippen LogP contribution in [0.25, 0.3) is 0 Å². The molecule has 0 aliphatic rings. The van der Waals surface area contributed by atoms with Crippen molar-refractivity contribution in [2.75, 3.05) is 6.54 Å². The van der Waals surface area contributed by atoms with Crippen LogP contribution >= 0.6 is 0 Å². The van der Waals surface area contributed by atoms with E-state index in [9.17, 15) is 0 Å². The van der Waals surface area contributed by atoms with E-state index in [1.54, 1.807) is 0 Å². The zero-order chi connectivity index (χ0) is 8.81. The maximum Gasteiger partial charge on any atom is 0.117 e. The molecule has 1 aromatic heterocycles.